The van der Waals surface area contributed by atoms with Crippen LogP contribution in [0.1, 0.15) is 29.8 Å². The summed E-state index contributed by atoms with van der Waals surface area (Å²) < 4.78 is 1.69. The normalized spacial score (nSPS) is 17.2. The number of hydrogen-bond acceptors (Lipinski definition) is 6. The van der Waals surface area contributed by atoms with Crippen molar-refractivity contribution in [2.45, 2.75) is 25.4 Å². The van der Waals surface area contributed by atoms with E-state index in [0.29, 0.717) is 17.2 Å². The topological polar surface area (TPSA) is 107 Å². The minimum Gasteiger partial charge on any atom is -0.364 e. The molecule has 0 aromatic carbocycles. The van der Waals surface area contributed by atoms with E-state index >= 15 is 0 Å². The molecular weight excluding hydrogens is 332 g/mol. The molecule has 2 N–H and O–H groups in total. The van der Waals surface area contributed by atoms with Crippen molar-refractivity contribution in [3.8, 4) is 11.5 Å². The molecule has 0 bridgehead atoms. The Kier molecular flexibility index (Phi) is 3.93. The summed E-state index contributed by atoms with van der Waals surface area (Å²) in [4.78, 5) is 34.4. The molecule has 0 saturated carbocycles. The van der Waals surface area contributed by atoms with Gasteiger partial charge in [0.25, 0.3) is 12.1 Å². The number of fused-ring (bicyclic) bond motifs is 1. The van der Waals surface area contributed by atoms with Gasteiger partial charge >= 0.3 is 0 Å². The van der Waals surface area contributed by atoms with Gasteiger partial charge in [0.1, 0.15) is 17.2 Å². The van der Waals surface area contributed by atoms with Crippen LogP contribution in [0.5, 0.6) is 0 Å². The van der Waals surface area contributed by atoms with Crippen LogP contribution >= 0.6 is 0 Å². The molecule has 26 heavy (non-hydrogen) atoms. The Balaban J connectivity index is 1.77. The molecule has 130 valence electrons. The average Bonchev–Trinajstić information content (AvgIpc) is 3.11. The number of anilines is 1. The molecule has 4 rings (SSSR count). The maximum atomic E-state index is 11.4. The standard InChI is InChI=1S/C17H16N8O/c1-19-13-4-2-3-7-24(13)14-5-6-20-17(23-14)12-8-22-15-9-21-11(16(18)26)10-25(12)15/h5-6,8-10,13H,2-4,7H2,(H2,18,26). The Bertz CT molecular complexity index is 1020. The Morgan fingerprint density at radius 1 is 1.27 bits per heavy atom. The van der Waals surface area contributed by atoms with Gasteiger partial charge in [-0.3, -0.25) is 18.9 Å². The second-order valence-electron chi connectivity index (χ2n) is 6.05. The van der Waals surface area contributed by atoms with E-state index in [1.54, 1.807) is 16.8 Å². The zero-order chi connectivity index (χ0) is 18.1. The minimum absolute atomic E-state index is 0.136. The third kappa shape index (κ3) is 2.71. The number of carbonyl (C=O) groups is 1. The molecule has 9 heteroatoms. The fourth-order valence-corrected chi connectivity index (χ4v) is 3.13. The maximum Gasteiger partial charge on any atom is 0.299 e. The molecule has 1 atom stereocenters. The lowest BCUT2D eigenvalue weighted by Crippen LogP contribution is -2.38. The van der Waals surface area contributed by atoms with Crippen LogP contribution in [-0.4, -0.2) is 43.0 Å². The van der Waals surface area contributed by atoms with Crippen molar-refractivity contribution in [2.24, 2.45) is 5.73 Å². The van der Waals surface area contributed by atoms with E-state index < -0.39 is 5.91 Å². The molecule has 0 spiro atoms. The summed E-state index contributed by atoms with van der Waals surface area (Å²) in [6, 6.07) is 1.81. The van der Waals surface area contributed by atoms with Crippen molar-refractivity contribution in [3.63, 3.8) is 0 Å². The molecule has 0 radical (unpaired) electrons. The third-order valence-electron chi connectivity index (χ3n) is 4.43. The van der Waals surface area contributed by atoms with E-state index in [4.69, 9.17) is 12.3 Å². The number of aromatic nitrogens is 5. The van der Waals surface area contributed by atoms with Gasteiger partial charge in [-0.1, -0.05) is 0 Å². The van der Waals surface area contributed by atoms with E-state index in [-0.39, 0.29) is 11.9 Å². The van der Waals surface area contributed by atoms with E-state index in [9.17, 15) is 4.79 Å². The number of imidazole rings is 1. The quantitative estimate of drug-likeness (QED) is 0.719. The highest BCUT2D eigenvalue weighted by atomic mass is 16.1. The van der Waals surface area contributed by atoms with Gasteiger partial charge in [0, 0.05) is 25.4 Å². The van der Waals surface area contributed by atoms with Crippen molar-refractivity contribution in [2.75, 3.05) is 11.4 Å². The first-order chi connectivity index (χ1) is 12.7. The second-order valence-corrected chi connectivity index (χ2v) is 6.05. The summed E-state index contributed by atoms with van der Waals surface area (Å²) in [5.41, 5.74) is 6.64. The van der Waals surface area contributed by atoms with E-state index in [1.807, 2.05) is 11.0 Å². The van der Waals surface area contributed by atoms with Crippen LogP contribution in [0.2, 0.25) is 0 Å². The summed E-state index contributed by atoms with van der Waals surface area (Å²) >= 11 is 0. The highest BCUT2D eigenvalue weighted by Gasteiger charge is 2.28. The number of nitrogens with zero attached hydrogens (tertiary/aromatic N) is 7. The smallest absolute Gasteiger partial charge is 0.299 e. The van der Waals surface area contributed by atoms with E-state index in [1.165, 1.54) is 12.4 Å². The highest BCUT2D eigenvalue weighted by Crippen LogP contribution is 2.26. The molecule has 1 aliphatic heterocycles. The van der Waals surface area contributed by atoms with Crippen LogP contribution in [0, 0.1) is 6.57 Å². The van der Waals surface area contributed by atoms with Gasteiger partial charge in [-0.2, -0.15) is 0 Å². The van der Waals surface area contributed by atoms with Gasteiger partial charge in [0.15, 0.2) is 11.5 Å². The van der Waals surface area contributed by atoms with Gasteiger partial charge in [-0.15, -0.1) is 0 Å². The lowest BCUT2D eigenvalue weighted by Gasteiger charge is -2.28. The zero-order valence-electron chi connectivity index (χ0n) is 13.9. The molecule has 3 aromatic rings. The summed E-state index contributed by atoms with van der Waals surface area (Å²) in [6.45, 7) is 8.21. The van der Waals surface area contributed by atoms with E-state index in [0.717, 1.165) is 31.6 Å². The van der Waals surface area contributed by atoms with Crippen molar-refractivity contribution in [1.29, 1.82) is 0 Å². The monoisotopic (exact) mass is 348 g/mol. The van der Waals surface area contributed by atoms with Gasteiger partial charge in [0.2, 0.25) is 0 Å². The predicted octanol–water partition coefficient (Wildman–Crippen LogP) is 1.52. The first kappa shape index (κ1) is 16.0. The number of carbonyl (C=O) groups excluding carboxylic acids is 1. The van der Waals surface area contributed by atoms with Crippen molar-refractivity contribution < 1.29 is 4.79 Å². The van der Waals surface area contributed by atoms with Crippen molar-refractivity contribution in [1.82, 2.24) is 24.3 Å². The Labute approximate surface area is 149 Å². The SMILES string of the molecule is [C-]#[N+]C1CCCCN1c1ccnc(-c2cnc3cnc(C(N)=O)cn23)n1. The average molecular weight is 348 g/mol. The van der Waals surface area contributed by atoms with E-state index in [2.05, 4.69) is 24.8 Å². The molecule has 3 aromatic heterocycles. The Morgan fingerprint density at radius 2 is 2.15 bits per heavy atom. The highest BCUT2D eigenvalue weighted by molar-refractivity contribution is 5.90. The molecular formula is C17H16N8O. The molecule has 4 heterocycles. The molecule has 1 amide bonds. The van der Waals surface area contributed by atoms with Crippen molar-refractivity contribution >= 4 is 17.4 Å². The van der Waals surface area contributed by atoms with Gasteiger partial charge in [-0.05, 0) is 18.9 Å². The van der Waals surface area contributed by atoms with Crippen LogP contribution in [0.15, 0.2) is 30.9 Å². The largest absolute Gasteiger partial charge is 0.364 e. The lowest BCUT2D eigenvalue weighted by atomic mass is 10.1. The lowest BCUT2D eigenvalue weighted by molar-refractivity contribution is 0.0995. The fourth-order valence-electron chi connectivity index (χ4n) is 3.13. The van der Waals surface area contributed by atoms with Gasteiger partial charge in [0.05, 0.1) is 12.4 Å². The maximum absolute atomic E-state index is 11.4. The first-order valence-corrected chi connectivity index (χ1v) is 8.27. The fraction of sp³-hybridized carbons (Fsp3) is 0.294. The molecule has 1 aliphatic rings. The molecule has 9 nitrogen and oxygen atoms in total. The van der Waals surface area contributed by atoms with Crippen LogP contribution in [0.4, 0.5) is 5.82 Å². The number of rotatable bonds is 3. The predicted molar refractivity (Wildman–Crippen MR) is 94.1 cm³/mol. The second kappa shape index (κ2) is 6.40. The summed E-state index contributed by atoms with van der Waals surface area (Å²) in [7, 11) is 0. The number of piperidine rings is 1. The number of primary amides is 1. The third-order valence-corrected chi connectivity index (χ3v) is 4.43. The zero-order valence-corrected chi connectivity index (χ0v) is 13.9. The van der Waals surface area contributed by atoms with Crippen LogP contribution in [0.25, 0.3) is 22.0 Å². The summed E-state index contributed by atoms with van der Waals surface area (Å²) in [5.74, 6) is 0.565. The Morgan fingerprint density at radius 3 is 2.96 bits per heavy atom. The molecule has 0 aliphatic carbocycles. The van der Waals surface area contributed by atoms with Crippen LogP contribution in [0.3, 0.4) is 0 Å². The van der Waals surface area contributed by atoms with Crippen LogP contribution < -0.4 is 10.6 Å². The Hall–Kier alpha value is -3.54. The summed E-state index contributed by atoms with van der Waals surface area (Å²) in [5, 5.41) is 0. The van der Waals surface area contributed by atoms with Crippen molar-refractivity contribution in [3.05, 3.63) is 48.0 Å². The number of amides is 1. The van der Waals surface area contributed by atoms with Gasteiger partial charge in [-0.25, -0.2) is 26.5 Å². The molecule has 1 fully saturated rings. The van der Waals surface area contributed by atoms with Crippen LogP contribution in [-0.2, 0) is 0 Å². The molecule has 1 unspecified atom stereocenters. The summed E-state index contributed by atoms with van der Waals surface area (Å²) in [6.07, 6.45) is 9.04. The minimum atomic E-state index is -0.616. The molecule has 1 saturated heterocycles. The van der Waals surface area contributed by atoms with Gasteiger partial charge < -0.3 is 5.73 Å². The number of hydrogen-bond donors (Lipinski definition) is 1. The number of nitrogens with two attached hydrogens (primary N) is 1. The first-order valence-electron chi connectivity index (χ1n) is 8.27.